The van der Waals surface area contributed by atoms with Crippen LogP contribution in [0, 0.1) is 0 Å². The van der Waals surface area contributed by atoms with Gasteiger partial charge in [-0.15, -0.1) is 0 Å². The Kier molecular flexibility index (Phi) is 7.57. The van der Waals surface area contributed by atoms with Gasteiger partial charge in [-0.3, -0.25) is 4.79 Å². The largest absolute Gasteiger partial charge is 0.456 e. The van der Waals surface area contributed by atoms with Crippen LogP contribution in [0.1, 0.15) is 43.6 Å². The van der Waals surface area contributed by atoms with E-state index in [2.05, 4.69) is 4.98 Å². The molecule has 1 aliphatic rings. The predicted molar refractivity (Wildman–Crippen MR) is 124 cm³/mol. The van der Waals surface area contributed by atoms with Crippen LogP contribution in [0.5, 0.6) is 0 Å². The number of esters is 1. The number of carbonyl (C=O) groups is 1. The van der Waals surface area contributed by atoms with E-state index in [4.69, 9.17) is 9.15 Å². The van der Waals surface area contributed by atoms with E-state index < -0.39 is 10.0 Å². The fourth-order valence-electron chi connectivity index (χ4n) is 3.83. The highest BCUT2D eigenvalue weighted by molar-refractivity contribution is 7.89. The monoisotopic (exact) mass is 468 g/mol. The van der Waals surface area contributed by atoms with Crippen molar-refractivity contribution in [2.24, 2.45) is 0 Å². The number of sulfonamides is 1. The summed E-state index contributed by atoms with van der Waals surface area (Å²) in [6.45, 7) is 1.12. The van der Waals surface area contributed by atoms with Crippen molar-refractivity contribution in [3.8, 4) is 11.3 Å². The van der Waals surface area contributed by atoms with Crippen molar-refractivity contribution in [1.82, 2.24) is 9.29 Å². The minimum absolute atomic E-state index is 0.0291. The van der Waals surface area contributed by atoms with Crippen molar-refractivity contribution >= 4 is 16.0 Å². The lowest BCUT2D eigenvalue weighted by Gasteiger charge is -2.20. The third kappa shape index (κ3) is 6.09. The van der Waals surface area contributed by atoms with Crippen LogP contribution in [-0.2, 0) is 32.6 Å². The molecule has 1 saturated heterocycles. The summed E-state index contributed by atoms with van der Waals surface area (Å²) in [5.41, 5.74) is 1.79. The molecule has 0 N–H and O–H groups in total. The molecule has 33 heavy (non-hydrogen) atoms. The number of nitrogens with zero attached hydrogens (tertiary/aromatic N) is 2. The van der Waals surface area contributed by atoms with Crippen molar-refractivity contribution in [3.63, 3.8) is 0 Å². The molecule has 2 heterocycles. The summed E-state index contributed by atoms with van der Waals surface area (Å²) < 4.78 is 38.2. The lowest BCUT2D eigenvalue weighted by atomic mass is 10.1. The van der Waals surface area contributed by atoms with E-state index in [-0.39, 0.29) is 19.0 Å². The van der Waals surface area contributed by atoms with Gasteiger partial charge in [0.25, 0.3) is 0 Å². The van der Waals surface area contributed by atoms with Crippen LogP contribution in [0.25, 0.3) is 11.3 Å². The van der Waals surface area contributed by atoms with Gasteiger partial charge in [-0.05, 0) is 37.0 Å². The molecule has 2 aromatic carbocycles. The van der Waals surface area contributed by atoms with Crippen LogP contribution in [0.4, 0.5) is 0 Å². The third-order valence-electron chi connectivity index (χ3n) is 5.71. The van der Waals surface area contributed by atoms with E-state index in [9.17, 15) is 13.2 Å². The molecular weight excluding hydrogens is 440 g/mol. The molecule has 0 bridgehead atoms. The van der Waals surface area contributed by atoms with Gasteiger partial charge in [-0.25, -0.2) is 13.4 Å². The average molecular weight is 469 g/mol. The molecule has 1 aromatic heterocycles. The summed E-state index contributed by atoms with van der Waals surface area (Å²) in [5, 5.41) is 0. The van der Waals surface area contributed by atoms with Crippen LogP contribution < -0.4 is 0 Å². The Labute approximate surface area is 194 Å². The van der Waals surface area contributed by atoms with Gasteiger partial charge in [0, 0.05) is 25.1 Å². The third-order valence-corrected chi connectivity index (χ3v) is 7.63. The highest BCUT2D eigenvalue weighted by Gasteiger charge is 2.24. The lowest BCUT2D eigenvalue weighted by Crippen LogP contribution is -2.31. The van der Waals surface area contributed by atoms with Gasteiger partial charge in [0.15, 0.2) is 12.4 Å². The molecule has 0 atom stereocenters. The van der Waals surface area contributed by atoms with E-state index in [0.717, 1.165) is 36.8 Å². The van der Waals surface area contributed by atoms with E-state index in [1.807, 2.05) is 30.3 Å². The SMILES string of the molecule is O=C(CCc1ccc(S(=O)(=O)N2CCCCCC2)cc1)OCc1ncc(-c2ccccc2)o1. The zero-order valence-electron chi connectivity index (χ0n) is 18.5. The Balaban J connectivity index is 1.26. The molecule has 1 fully saturated rings. The molecule has 0 unspecified atom stereocenters. The molecule has 4 rings (SSSR count). The zero-order valence-corrected chi connectivity index (χ0v) is 19.3. The highest BCUT2D eigenvalue weighted by Crippen LogP contribution is 2.22. The number of aromatic nitrogens is 1. The van der Waals surface area contributed by atoms with E-state index in [1.54, 1.807) is 34.8 Å². The van der Waals surface area contributed by atoms with Crippen molar-refractivity contribution in [3.05, 3.63) is 72.2 Å². The van der Waals surface area contributed by atoms with Crippen LogP contribution in [0.3, 0.4) is 0 Å². The van der Waals surface area contributed by atoms with Gasteiger partial charge in [-0.2, -0.15) is 4.31 Å². The summed E-state index contributed by atoms with van der Waals surface area (Å²) >= 11 is 0. The molecule has 0 spiro atoms. The van der Waals surface area contributed by atoms with Gasteiger partial charge in [0.05, 0.1) is 11.1 Å². The van der Waals surface area contributed by atoms with Gasteiger partial charge < -0.3 is 9.15 Å². The van der Waals surface area contributed by atoms with Gasteiger partial charge in [-0.1, -0.05) is 55.3 Å². The molecule has 3 aromatic rings. The summed E-state index contributed by atoms with van der Waals surface area (Å²) in [6.07, 6.45) is 6.21. The molecule has 174 valence electrons. The smallest absolute Gasteiger partial charge is 0.306 e. The lowest BCUT2D eigenvalue weighted by molar-refractivity contribution is -0.145. The first-order chi connectivity index (χ1) is 16.0. The van der Waals surface area contributed by atoms with Crippen molar-refractivity contribution in [1.29, 1.82) is 0 Å². The Hall–Kier alpha value is -2.97. The molecule has 0 aliphatic carbocycles. The van der Waals surface area contributed by atoms with Crippen LogP contribution >= 0.6 is 0 Å². The van der Waals surface area contributed by atoms with Crippen molar-refractivity contribution in [2.75, 3.05) is 13.1 Å². The maximum atomic E-state index is 12.9. The zero-order chi connectivity index (χ0) is 23.1. The average Bonchev–Trinajstić information content (AvgIpc) is 3.14. The molecule has 1 aliphatic heterocycles. The molecule has 0 amide bonds. The summed E-state index contributed by atoms with van der Waals surface area (Å²) in [5.74, 6) is 0.595. The van der Waals surface area contributed by atoms with Gasteiger partial charge in [0.2, 0.25) is 15.9 Å². The summed E-state index contributed by atoms with van der Waals surface area (Å²) in [4.78, 5) is 16.6. The topological polar surface area (TPSA) is 89.7 Å². The normalized spacial score (nSPS) is 15.2. The first kappa shape index (κ1) is 23.2. The predicted octanol–water partition coefficient (Wildman–Crippen LogP) is 4.58. The number of rotatable bonds is 8. The minimum Gasteiger partial charge on any atom is -0.456 e. The summed E-state index contributed by atoms with van der Waals surface area (Å²) in [6, 6.07) is 16.4. The second kappa shape index (κ2) is 10.8. The number of oxazole rings is 1. The maximum absolute atomic E-state index is 12.9. The fourth-order valence-corrected chi connectivity index (χ4v) is 5.35. The Bertz CT molecular complexity index is 1150. The molecule has 0 radical (unpaired) electrons. The van der Waals surface area contributed by atoms with Gasteiger partial charge in [0.1, 0.15) is 0 Å². The molecule has 7 nitrogen and oxygen atoms in total. The Morgan fingerprint density at radius 1 is 0.970 bits per heavy atom. The first-order valence-electron chi connectivity index (χ1n) is 11.3. The summed E-state index contributed by atoms with van der Waals surface area (Å²) in [7, 11) is -3.47. The van der Waals surface area contributed by atoms with Crippen LogP contribution in [0.2, 0.25) is 0 Å². The van der Waals surface area contributed by atoms with Crippen molar-refractivity contribution in [2.45, 2.75) is 50.0 Å². The van der Waals surface area contributed by atoms with Crippen molar-refractivity contribution < 1.29 is 22.4 Å². The number of aryl methyl sites for hydroxylation is 1. The highest BCUT2D eigenvalue weighted by atomic mass is 32.2. The second-order valence-corrected chi connectivity index (χ2v) is 10.0. The fraction of sp³-hybridized carbons (Fsp3) is 0.360. The number of ether oxygens (including phenoxy) is 1. The Morgan fingerprint density at radius 2 is 1.67 bits per heavy atom. The first-order valence-corrected chi connectivity index (χ1v) is 12.7. The molecule has 8 heteroatoms. The number of carbonyl (C=O) groups excluding carboxylic acids is 1. The number of hydrogen-bond acceptors (Lipinski definition) is 6. The van der Waals surface area contributed by atoms with Crippen LogP contribution in [0.15, 0.2) is 70.1 Å². The standard InChI is InChI=1S/C25H28N2O5S/c28-25(31-19-24-26-18-23(32-24)21-8-4-3-5-9-21)15-12-20-10-13-22(14-11-20)33(29,30)27-16-6-1-2-7-17-27/h3-5,8-11,13-14,18H,1-2,6-7,12,15-17,19H2. The second-order valence-electron chi connectivity index (χ2n) is 8.11. The van der Waals surface area contributed by atoms with E-state index in [1.165, 1.54) is 0 Å². The quantitative estimate of drug-likeness (QED) is 0.450. The van der Waals surface area contributed by atoms with E-state index in [0.29, 0.717) is 36.1 Å². The number of hydrogen-bond donors (Lipinski definition) is 0. The van der Waals surface area contributed by atoms with Crippen LogP contribution in [-0.4, -0.2) is 36.8 Å². The van der Waals surface area contributed by atoms with Gasteiger partial charge >= 0.3 is 5.97 Å². The minimum atomic E-state index is -3.47. The number of benzene rings is 2. The Morgan fingerprint density at radius 3 is 2.36 bits per heavy atom. The van der Waals surface area contributed by atoms with E-state index >= 15 is 0 Å². The molecule has 0 saturated carbocycles. The maximum Gasteiger partial charge on any atom is 0.306 e. The molecular formula is C25H28N2O5S.